The molecule has 1 N–H and O–H groups in total. The summed E-state index contributed by atoms with van der Waals surface area (Å²) in [5, 5.41) is 3.00. The summed E-state index contributed by atoms with van der Waals surface area (Å²) >= 11 is 0. The molecule has 1 aromatic rings. The zero-order valence-corrected chi connectivity index (χ0v) is 11.8. The van der Waals surface area contributed by atoms with Crippen molar-refractivity contribution >= 4 is 5.91 Å². The zero-order valence-electron chi connectivity index (χ0n) is 11.8. The molecule has 1 aliphatic heterocycles. The molecular formula is C15H25N3O. The van der Waals surface area contributed by atoms with E-state index in [0.717, 1.165) is 26.1 Å². The van der Waals surface area contributed by atoms with Gasteiger partial charge in [-0.1, -0.05) is 0 Å². The molecule has 1 fully saturated rings. The highest BCUT2D eigenvalue weighted by Crippen LogP contribution is 2.19. The van der Waals surface area contributed by atoms with E-state index in [1.807, 2.05) is 24.5 Å². The van der Waals surface area contributed by atoms with E-state index in [1.165, 1.54) is 19.4 Å². The molecule has 4 nitrogen and oxygen atoms in total. The van der Waals surface area contributed by atoms with E-state index in [9.17, 15) is 4.79 Å². The average molecular weight is 263 g/mol. The van der Waals surface area contributed by atoms with Crippen molar-refractivity contribution in [3.05, 3.63) is 24.5 Å². The van der Waals surface area contributed by atoms with E-state index in [0.29, 0.717) is 12.3 Å². The molecule has 0 bridgehead atoms. The van der Waals surface area contributed by atoms with Gasteiger partial charge in [-0.2, -0.15) is 0 Å². The second-order valence-electron chi connectivity index (χ2n) is 5.58. The first-order valence-electron chi connectivity index (χ1n) is 7.30. The molecule has 1 amide bonds. The second kappa shape index (κ2) is 7.34. The molecule has 2 rings (SSSR count). The quantitative estimate of drug-likeness (QED) is 0.848. The standard InChI is InChI=1S/C15H25N3O/c1-17-9-4-5-14(13-17)6-7-15(19)16-8-12-18-10-2-3-11-18/h2-3,10-11,14H,4-9,12-13H2,1H3,(H,16,19)/t14-/m0/s1. The topological polar surface area (TPSA) is 37.3 Å². The minimum Gasteiger partial charge on any atom is -0.354 e. The van der Waals surface area contributed by atoms with Crippen LogP contribution in [-0.2, 0) is 11.3 Å². The van der Waals surface area contributed by atoms with Crippen molar-refractivity contribution in [3.8, 4) is 0 Å². The van der Waals surface area contributed by atoms with E-state index < -0.39 is 0 Å². The SMILES string of the molecule is CN1CCC[C@@H](CCC(=O)NCCn2cccc2)C1. The van der Waals surface area contributed by atoms with Gasteiger partial charge in [-0.3, -0.25) is 4.79 Å². The Morgan fingerprint density at radius 3 is 2.89 bits per heavy atom. The van der Waals surface area contributed by atoms with Gasteiger partial charge >= 0.3 is 0 Å². The Hall–Kier alpha value is -1.29. The molecule has 1 aliphatic rings. The van der Waals surface area contributed by atoms with Crippen molar-refractivity contribution in [1.29, 1.82) is 0 Å². The molecule has 0 saturated carbocycles. The first-order chi connectivity index (χ1) is 9.24. The number of nitrogens with one attached hydrogen (secondary N) is 1. The molecule has 19 heavy (non-hydrogen) atoms. The third-order valence-electron chi connectivity index (χ3n) is 3.86. The predicted molar refractivity (Wildman–Crippen MR) is 76.9 cm³/mol. The van der Waals surface area contributed by atoms with Gasteiger partial charge in [0.05, 0.1) is 0 Å². The van der Waals surface area contributed by atoms with Crippen LogP contribution in [0.3, 0.4) is 0 Å². The fourth-order valence-electron chi connectivity index (χ4n) is 2.78. The minimum absolute atomic E-state index is 0.195. The summed E-state index contributed by atoms with van der Waals surface area (Å²) in [6, 6.07) is 4.00. The van der Waals surface area contributed by atoms with Crippen molar-refractivity contribution in [2.75, 3.05) is 26.7 Å². The Morgan fingerprint density at radius 2 is 2.16 bits per heavy atom. The van der Waals surface area contributed by atoms with Crippen LogP contribution in [0.5, 0.6) is 0 Å². The number of carbonyl (C=O) groups is 1. The minimum atomic E-state index is 0.195. The molecule has 0 unspecified atom stereocenters. The summed E-state index contributed by atoms with van der Waals surface area (Å²) in [4.78, 5) is 14.1. The van der Waals surface area contributed by atoms with Crippen LogP contribution in [0.15, 0.2) is 24.5 Å². The Bertz CT molecular complexity index is 375. The summed E-state index contributed by atoms with van der Waals surface area (Å²) in [6.07, 6.45) is 8.29. The lowest BCUT2D eigenvalue weighted by Crippen LogP contribution is -2.33. The van der Waals surface area contributed by atoms with Gasteiger partial charge in [0, 0.05) is 38.4 Å². The number of piperidine rings is 1. The van der Waals surface area contributed by atoms with Gasteiger partial charge in [0.2, 0.25) is 5.91 Å². The van der Waals surface area contributed by atoms with E-state index in [2.05, 4.69) is 21.8 Å². The van der Waals surface area contributed by atoms with Crippen LogP contribution in [0.1, 0.15) is 25.7 Å². The molecule has 0 aromatic carbocycles. The van der Waals surface area contributed by atoms with E-state index in [4.69, 9.17) is 0 Å². The molecule has 1 aromatic heterocycles. The maximum Gasteiger partial charge on any atom is 0.220 e. The van der Waals surface area contributed by atoms with Crippen molar-refractivity contribution in [2.24, 2.45) is 5.92 Å². The number of aromatic nitrogens is 1. The smallest absolute Gasteiger partial charge is 0.220 e. The van der Waals surface area contributed by atoms with Crippen molar-refractivity contribution < 1.29 is 4.79 Å². The van der Waals surface area contributed by atoms with E-state index >= 15 is 0 Å². The molecule has 1 atom stereocenters. The number of carbonyl (C=O) groups excluding carboxylic acids is 1. The number of amides is 1. The molecule has 0 aliphatic carbocycles. The fraction of sp³-hybridized carbons (Fsp3) is 0.667. The van der Waals surface area contributed by atoms with Crippen molar-refractivity contribution in [1.82, 2.24) is 14.8 Å². The van der Waals surface area contributed by atoms with Gasteiger partial charge < -0.3 is 14.8 Å². The maximum atomic E-state index is 11.8. The third-order valence-corrected chi connectivity index (χ3v) is 3.86. The molecular weight excluding hydrogens is 238 g/mol. The van der Waals surface area contributed by atoms with Crippen LogP contribution in [0, 0.1) is 5.92 Å². The Morgan fingerprint density at radius 1 is 1.37 bits per heavy atom. The van der Waals surface area contributed by atoms with E-state index in [-0.39, 0.29) is 5.91 Å². The van der Waals surface area contributed by atoms with Crippen LogP contribution < -0.4 is 5.32 Å². The third kappa shape index (κ3) is 5.07. The van der Waals surface area contributed by atoms with Gasteiger partial charge in [-0.25, -0.2) is 0 Å². The molecule has 2 heterocycles. The summed E-state index contributed by atoms with van der Waals surface area (Å²) in [7, 11) is 2.17. The summed E-state index contributed by atoms with van der Waals surface area (Å²) in [5.74, 6) is 0.898. The second-order valence-corrected chi connectivity index (χ2v) is 5.58. The Balaban J connectivity index is 1.56. The van der Waals surface area contributed by atoms with Crippen LogP contribution in [0.25, 0.3) is 0 Å². The first-order valence-corrected chi connectivity index (χ1v) is 7.30. The summed E-state index contributed by atoms with van der Waals surface area (Å²) in [5.41, 5.74) is 0. The van der Waals surface area contributed by atoms with Crippen LogP contribution in [0.4, 0.5) is 0 Å². The van der Waals surface area contributed by atoms with Crippen molar-refractivity contribution in [3.63, 3.8) is 0 Å². The van der Waals surface area contributed by atoms with E-state index in [1.54, 1.807) is 0 Å². The lowest BCUT2D eigenvalue weighted by molar-refractivity contribution is -0.121. The molecule has 4 heteroatoms. The Labute approximate surface area is 115 Å². The first kappa shape index (κ1) is 14.1. The monoisotopic (exact) mass is 263 g/mol. The number of nitrogens with zero attached hydrogens (tertiary/aromatic N) is 2. The highest BCUT2D eigenvalue weighted by Gasteiger charge is 2.17. The van der Waals surface area contributed by atoms with Crippen LogP contribution >= 0.6 is 0 Å². The van der Waals surface area contributed by atoms with Gasteiger partial charge in [0.25, 0.3) is 0 Å². The Kier molecular flexibility index (Phi) is 5.45. The highest BCUT2D eigenvalue weighted by molar-refractivity contribution is 5.75. The molecule has 106 valence electrons. The van der Waals surface area contributed by atoms with Crippen LogP contribution in [0.2, 0.25) is 0 Å². The largest absolute Gasteiger partial charge is 0.354 e. The maximum absolute atomic E-state index is 11.8. The molecule has 0 spiro atoms. The lowest BCUT2D eigenvalue weighted by atomic mass is 9.93. The normalized spacial score (nSPS) is 20.4. The van der Waals surface area contributed by atoms with Crippen molar-refractivity contribution in [2.45, 2.75) is 32.2 Å². The number of rotatable bonds is 6. The van der Waals surface area contributed by atoms with Gasteiger partial charge in [0.1, 0.15) is 0 Å². The van der Waals surface area contributed by atoms with Gasteiger partial charge in [0.15, 0.2) is 0 Å². The lowest BCUT2D eigenvalue weighted by Gasteiger charge is -2.29. The molecule has 0 radical (unpaired) electrons. The number of likely N-dealkylation sites (tertiary alicyclic amines) is 1. The number of hydrogen-bond acceptors (Lipinski definition) is 2. The average Bonchev–Trinajstić information content (AvgIpc) is 2.90. The van der Waals surface area contributed by atoms with Gasteiger partial charge in [-0.05, 0) is 50.9 Å². The summed E-state index contributed by atoms with van der Waals surface area (Å²) in [6.45, 7) is 3.93. The fourth-order valence-corrected chi connectivity index (χ4v) is 2.78. The van der Waals surface area contributed by atoms with Gasteiger partial charge in [-0.15, -0.1) is 0 Å². The summed E-state index contributed by atoms with van der Waals surface area (Å²) < 4.78 is 2.08. The van der Waals surface area contributed by atoms with Crippen LogP contribution in [-0.4, -0.2) is 42.1 Å². The predicted octanol–water partition coefficient (Wildman–Crippen LogP) is 1.73. The number of hydrogen-bond donors (Lipinski definition) is 1. The highest BCUT2D eigenvalue weighted by atomic mass is 16.1. The zero-order chi connectivity index (χ0) is 13.5. The molecule has 1 saturated heterocycles.